The lowest BCUT2D eigenvalue weighted by Crippen LogP contribution is -2.29. The number of ketones is 1. The Hall–Kier alpha value is -4.57. The smallest absolute Gasteiger partial charge is 0.301 e. The number of hydrogen-bond donors (Lipinski definition) is 1. The number of carbonyl (C=O) groups is 2. The van der Waals surface area contributed by atoms with Gasteiger partial charge in [0.1, 0.15) is 30.5 Å². The molecule has 0 bridgehead atoms. The van der Waals surface area contributed by atoms with Gasteiger partial charge < -0.3 is 24.1 Å². The molecule has 4 aromatic rings. The van der Waals surface area contributed by atoms with Crippen LogP contribution in [-0.4, -0.2) is 48.2 Å². The van der Waals surface area contributed by atoms with Crippen LogP contribution in [0.25, 0.3) is 16.0 Å². The number of benzene rings is 3. The van der Waals surface area contributed by atoms with E-state index in [1.54, 1.807) is 18.2 Å². The molecule has 1 amide bonds. The van der Waals surface area contributed by atoms with E-state index in [0.717, 1.165) is 24.0 Å². The minimum absolute atomic E-state index is 0.0425. The minimum Gasteiger partial charge on any atom is -0.507 e. The van der Waals surface area contributed by atoms with Crippen LogP contribution >= 0.6 is 11.3 Å². The number of unbranched alkanes of at least 4 members (excludes halogenated alkanes) is 2. The first-order valence-electron chi connectivity index (χ1n) is 14.5. The largest absolute Gasteiger partial charge is 0.507 e. The van der Waals surface area contributed by atoms with Crippen LogP contribution in [0.4, 0.5) is 5.13 Å². The average Bonchev–Trinajstić information content (AvgIpc) is 3.56. The Kier molecular flexibility index (Phi) is 8.20. The van der Waals surface area contributed by atoms with E-state index in [4.69, 9.17) is 23.9 Å². The highest BCUT2D eigenvalue weighted by molar-refractivity contribution is 7.22. The summed E-state index contributed by atoms with van der Waals surface area (Å²) in [6.45, 7) is 5.90. The maximum Gasteiger partial charge on any atom is 0.301 e. The van der Waals surface area contributed by atoms with Crippen LogP contribution in [0.2, 0.25) is 0 Å². The molecule has 2 aliphatic heterocycles. The summed E-state index contributed by atoms with van der Waals surface area (Å²) >= 11 is 1.28. The van der Waals surface area contributed by atoms with E-state index in [0.29, 0.717) is 71.2 Å². The molecular formula is C33H32N2O7S. The van der Waals surface area contributed by atoms with Gasteiger partial charge in [-0.15, -0.1) is 0 Å². The fourth-order valence-corrected chi connectivity index (χ4v) is 6.28. The number of nitrogens with zero attached hydrogens (tertiary/aromatic N) is 2. The summed E-state index contributed by atoms with van der Waals surface area (Å²) in [6, 6.07) is 16.8. The number of Topliss-reactive ketones (excluding diaryl/α,β-unsaturated/α-hetero) is 1. The van der Waals surface area contributed by atoms with Crippen LogP contribution in [0.15, 0.2) is 66.2 Å². The highest BCUT2D eigenvalue weighted by Crippen LogP contribution is 2.46. The van der Waals surface area contributed by atoms with Crippen LogP contribution < -0.4 is 23.8 Å². The number of thiazole rings is 1. The van der Waals surface area contributed by atoms with Crippen molar-refractivity contribution in [2.24, 2.45) is 0 Å². The van der Waals surface area contributed by atoms with Gasteiger partial charge in [0.05, 0.1) is 35.0 Å². The molecule has 2 aliphatic rings. The van der Waals surface area contributed by atoms with Crippen LogP contribution in [0.1, 0.15) is 50.3 Å². The minimum atomic E-state index is -0.945. The molecular weight excluding hydrogens is 568 g/mol. The zero-order chi connectivity index (χ0) is 29.9. The number of aromatic nitrogens is 1. The predicted octanol–water partition coefficient (Wildman–Crippen LogP) is 6.66. The molecule has 0 radical (unpaired) electrons. The third-order valence-corrected chi connectivity index (χ3v) is 8.33. The Bertz CT molecular complexity index is 1710. The number of carbonyl (C=O) groups excluding carboxylic acids is 2. The zero-order valence-corrected chi connectivity index (χ0v) is 24.8. The standard InChI is InChI=1S/C33H32N2O7S/c1-3-5-6-14-40-22-9-7-8-20(17-22)29-28(30(36)21-10-13-25-26(18-21)42-16-15-41-25)31(37)32(38)35(29)33-34-24-12-11-23(39-4-2)19-27(24)43-33/h7-13,17-19,29,36H,3-6,14-16H2,1-2H3/t29-/m0/s1. The Labute approximate surface area is 253 Å². The van der Waals surface area contributed by atoms with Gasteiger partial charge in [0.2, 0.25) is 0 Å². The molecule has 3 heterocycles. The summed E-state index contributed by atoms with van der Waals surface area (Å²) in [6.07, 6.45) is 3.04. The summed E-state index contributed by atoms with van der Waals surface area (Å²) in [5.41, 5.74) is 1.58. The van der Waals surface area contributed by atoms with E-state index in [2.05, 4.69) is 6.92 Å². The molecule has 222 valence electrons. The van der Waals surface area contributed by atoms with E-state index in [1.807, 2.05) is 49.4 Å². The number of aliphatic hydroxyl groups excluding tert-OH is 1. The lowest BCUT2D eigenvalue weighted by atomic mass is 9.95. The van der Waals surface area contributed by atoms with E-state index in [9.17, 15) is 14.7 Å². The van der Waals surface area contributed by atoms with Gasteiger partial charge in [0.15, 0.2) is 16.6 Å². The summed E-state index contributed by atoms with van der Waals surface area (Å²) in [7, 11) is 0. The van der Waals surface area contributed by atoms with E-state index in [1.165, 1.54) is 16.2 Å². The molecule has 0 unspecified atom stereocenters. The van der Waals surface area contributed by atoms with Crippen LogP contribution in [0, 0.1) is 0 Å². The maximum absolute atomic E-state index is 13.7. The van der Waals surface area contributed by atoms with Crippen molar-refractivity contribution in [2.45, 2.75) is 39.2 Å². The van der Waals surface area contributed by atoms with Crippen molar-refractivity contribution < 1.29 is 33.6 Å². The monoisotopic (exact) mass is 600 g/mol. The Balaban J connectivity index is 1.46. The summed E-state index contributed by atoms with van der Waals surface area (Å²) in [5, 5.41) is 12.0. The van der Waals surface area contributed by atoms with Gasteiger partial charge in [-0.2, -0.15) is 0 Å². The van der Waals surface area contributed by atoms with Gasteiger partial charge in [0, 0.05) is 5.56 Å². The zero-order valence-electron chi connectivity index (χ0n) is 24.0. The van der Waals surface area contributed by atoms with Crippen LogP contribution in [0.3, 0.4) is 0 Å². The van der Waals surface area contributed by atoms with Crippen molar-refractivity contribution in [3.05, 3.63) is 77.4 Å². The van der Waals surface area contributed by atoms with Crippen molar-refractivity contribution in [3.63, 3.8) is 0 Å². The van der Waals surface area contributed by atoms with Crippen molar-refractivity contribution in [3.8, 4) is 23.0 Å². The second kappa shape index (κ2) is 12.3. The van der Waals surface area contributed by atoms with E-state index >= 15 is 0 Å². The van der Waals surface area contributed by atoms with Gasteiger partial charge in [-0.3, -0.25) is 14.5 Å². The molecule has 3 aromatic carbocycles. The SMILES string of the molecule is CCCCCOc1cccc([C@H]2C(=C(O)c3ccc4c(c3)OCCO4)C(=O)C(=O)N2c2nc3ccc(OCC)cc3s2)c1. The topological polar surface area (TPSA) is 107 Å². The number of anilines is 1. The quantitative estimate of drug-likeness (QED) is 0.0932. The molecule has 1 fully saturated rings. The fraction of sp³-hybridized carbons (Fsp3) is 0.303. The highest BCUT2D eigenvalue weighted by atomic mass is 32.1. The first-order chi connectivity index (χ1) is 21.0. The molecule has 0 spiro atoms. The van der Waals surface area contributed by atoms with Crippen molar-refractivity contribution >= 4 is 44.1 Å². The van der Waals surface area contributed by atoms with Gasteiger partial charge in [-0.1, -0.05) is 43.2 Å². The normalized spacial score (nSPS) is 17.4. The molecule has 0 aliphatic carbocycles. The van der Waals surface area contributed by atoms with Gasteiger partial charge in [-0.05, 0) is 67.4 Å². The molecule has 1 saturated heterocycles. The third kappa shape index (κ3) is 5.62. The molecule has 6 rings (SSSR count). The molecule has 10 heteroatoms. The Morgan fingerprint density at radius 2 is 1.79 bits per heavy atom. The lowest BCUT2D eigenvalue weighted by molar-refractivity contribution is -0.132. The molecule has 0 saturated carbocycles. The Morgan fingerprint density at radius 3 is 2.60 bits per heavy atom. The third-order valence-electron chi connectivity index (χ3n) is 7.32. The average molecular weight is 601 g/mol. The maximum atomic E-state index is 13.7. The number of hydrogen-bond acceptors (Lipinski definition) is 9. The summed E-state index contributed by atoms with van der Waals surface area (Å²) < 4.78 is 23.8. The second-order valence-corrected chi connectivity index (χ2v) is 11.2. The number of fused-ring (bicyclic) bond motifs is 2. The first kappa shape index (κ1) is 28.5. The summed E-state index contributed by atoms with van der Waals surface area (Å²) in [5.74, 6) is 0.424. The van der Waals surface area contributed by atoms with Gasteiger partial charge in [-0.25, -0.2) is 4.98 Å². The van der Waals surface area contributed by atoms with Crippen LogP contribution in [0.5, 0.6) is 23.0 Å². The van der Waals surface area contributed by atoms with Gasteiger partial charge >= 0.3 is 5.91 Å². The molecule has 1 aromatic heterocycles. The van der Waals surface area contributed by atoms with Crippen molar-refractivity contribution in [1.29, 1.82) is 0 Å². The molecule has 1 atom stereocenters. The number of aliphatic hydroxyl groups is 1. The van der Waals surface area contributed by atoms with E-state index < -0.39 is 17.7 Å². The number of ether oxygens (including phenoxy) is 4. The Morgan fingerprint density at radius 1 is 0.977 bits per heavy atom. The van der Waals surface area contributed by atoms with E-state index in [-0.39, 0.29) is 11.3 Å². The first-order valence-corrected chi connectivity index (χ1v) is 15.3. The van der Waals surface area contributed by atoms with Gasteiger partial charge in [0.25, 0.3) is 5.78 Å². The molecule has 9 nitrogen and oxygen atoms in total. The van der Waals surface area contributed by atoms with Crippen molar-refractivity contribution in [1.82, 2.24) is 4.98 Å². The summed E-state index contributed by atoms with van der Waals surface area (Å²) in [4.78, 5) is 33.5. The highest BCUT2D eigenvalue weighted by Gasteiger charge is 2.48. The lowest BCUT2D eigenvalue weighted by Gasteiger charge is -2.24. The molecule has 43 heavy (non-hydrogen) atoms. The fourth-order valence-electron chi connectivity index (χ4n) is 5.26. The second-order valence-electron chi connectivity index (χ2n) is 10.2. The molecule has 1 N–H and O–H groups in total. The predicted molar refractivity (Wildman–Crippen MR) is 164 cm³/mol. The number of rotatable bonds is 10. The number of amides is 1. The van der Waals surface area contributed by atoms with Crippen LogP contribution in [-0.2, 0) is 9.59 Å². The van der Waals surface area contributed by atoms with Crippen molar-refractivity contribution in [2.75, 3.05) is 31.3 Å².